The Hall–Kier alpha value is -1.000. The molecule has 0 atom stereocenters. The fourth-order valence-corrected chi connectivity index (χ4v) is 0.945. The predicted molar refractivity (Wildman–Crippen MR) is 49.0 cm³/mol. The van der Waals surface area contributed by atoms with Gasteiger partial charge in [-0.3, -0.25) is 4.68 Å². The SMILES string of the molecule is O=C(O)c1ccn(C/C(Cl)=C/Cl)n1. The molecule has 1 aromatic heterocycles. The summed E-state index contributed by atoms with van der Waals surface area (Å²) in [5.41, 5.74) is 1.20. The molecule has 1 N–H and O–H groups in total. The number of carboxylic acids is 1. The molecule has 0 fully saturated rings. The molecule has 0 unspecified atom stereocenters. The molecule has 0 radical (unpaired) electrons. The van der Waals surface area contributed by atoms with Crippen LogP contribution in [0.3, 0.4) is 0 Å². The van der Waals surface area contributed by atoms with Crippen LogP contribution in [0, 0.1) is 0 Å². The number of hydrogen-bond donors (Lipinski definition) is 1. The molecule has 0 aliphatic rings. The number of carbonyl (C=O) groups is 1. The molecule has 0 saturated heterocycles. The van der Waals surface area contributed by atoms with E-state index in [0.717, 1.165) is 0 Å². The molecule has 1 aromatic rings. The lowest BCUT2D eigenvalue weighted by Gasteiger charge is -1.96. The molecule has 1 rings (SSSR count). The lowest BCUT2D eigenvalue weighted by Crippen LogP contribution is -2.02. The Morgan fingerprint density at radius 2 is 2.46 bits per heavy atom. The number of halogens is 2. The summed E-state index contributed by atoms with van der Waals surface area (Å²) in [6, 6.07) is 1.39. The number of carboxylic acid groups (broad SMARTS) is 1. The maximum Gasteiger partial charge on any atom is 0.356 e. The average Bonchev–Trinajstić information content (AvgIpc) is 2.52. The molecule has 4 nitrogen and oxygen atoms in total. The number of allylic oxidation sites excluding steroid dienone is 1. The van der Waals surface area contributed by atoms with Gasteiger partial charge in [-0.2, -0.15) is 5.10 Å². The first-order valence-corrected chi connectivity index (χ1v) is 4.16. The van der Waals surface area contributed by atoms with E-state index in [9.17, 15) is 4.79 Å². The summed E-state index contributed by atoms with van der Waals surface area (Å²) in [7, 11) is 0. The Bertz CT molecular complexity index is 346. The third-order valence-corrected chi connectivity index (χ3v) is 1.89. The maximum atomic E-state index is 10.4. The van der Waals surface area contributed by atoms with E-state index in [4.69, 9.17) is 28.3 Å². The molecule has 0 spiro atoms. The van der Waals surface area contributed by atoms with Crippen LogP contribution in [0.1, 0.15) is 10.5 Å². The highest BCUT2D eigenvalue weighted by Gasteiger charge is 2.06. The lowest BCUT2D eigenvalue weighted by molar-refractivity contribution is 0.0689. The van der Waals surface area contributed by atoms with Gasteiger partial charge < -0.3 is 5.11 Å². The average molecular weight is 221 g/mol. The third-order valence-electron chi connectivity index (χ3n) is 1.29. The number of hydrogen-bond acceptors (Lipinski definition) is 2. The summed E-state index contributed by atoms with van der Waals surface area (Å²) in [4.78, 5) is 10.4. The smallest absolute Gasteiger partial charge is 0.356 e. The first-order valence-electron chi connectivity index (χ1n) is 3.35. The minimum Gasteiger partial charge on any atom is -0.476 e. The van der Waals surface area contributed by atoms with Crippen molar-refractivity contribution >= 4 is 29.2 Å². The fraction of sp³-hybridized carbons (Fsp3) is 0.143. The van der Waals surface area contributed by atoms with Crippen molar-refractivity contribution in [2.45, 2.75) is 6.54 Å². The van der Waals surface area contributed by atoms with Crippen LogP contribution in [-0.2, 0) is 6.54 Å². The van der Waals surface area contributed by atoms with Gasteiger partial charge in [0, 0.05) is 11.7 Å². The van der Waals surface area contributed by atoms with Gasteiger partial charge in [0.2, 0.25) is 0 Å². The predicted octanol–water partition coefficient (Wildman–Crippen LogP) is 1.90. The molecule has 1 heterocycles. The molecule has 70 valence electrons. The van der Waals surface area contributed by atoms with E-state index in [0.29, 0.717) is 5.03 Å². The second kappa shape index (κ2) is 4.30. The standard InChI is InChI=1S/C7H6Cl2N2O2/c8-3-5(9)4-11-2-1-6(10-11)7(12)13/h1-3H,4H2,(H,12,13)/b5-3-. The summed E-state index contributed by atoms with van der Waals surface area (Å²) in [5.74, 6) is -1.07. The minimum absolute atomic E-state index is 0.0148. The summed E-state index contributed by atoms with van der Waals surface area (Å²) >= 11 is 10.9. The van der Waals surface area contributed by atoms with E-state index in [-0.39, 0.29) is 12.2 Å². The normalized spacial score (nSPS) is 11.7. The summed E-state index contributed by atoms with van der Waals surface area (Å²) in [6.07, 6.45) is 1.52. The summed E-state index contributed by atoms with van der Waals surface area (Å²) in [6.45, 7) is 0.276. The van der Waals surface area contributed by atoms with Gasteiger partial charge in [0.05, 0.1) is 11.6 Å². The first kappa shape index (κ1) is 10.1. The fourth-order valence-electron chi connectivity index (χ4n) is 0.753. The van der Waals surface area contributed by atoms with Crippen molar-refractivity contribution in [3.05, 3.63) is 28.5 Å². The number of rotatable bonds is 3. The number of aromatic nitrogens is 2. The molecule has 0 aromatic carbocycles. The molecular weight excluding hydrogens is 215 g/mol. The summed E-state index contributed by atoms with van der Waals surface area (Å²) < 4.78 is 1.39. The number of nitrogens with zero attached hydrogens (tertiary/aromatic N) is 2. The van der Waals surface area contributed by atoms with Crippen LogP contribution >= 0.6 is 23.2 Å². The largest absolute Gasteiger partial charge is 0.476 e. The zero-order valence-electron chi connectivity index (χ0n) is 6.44. The van der Waals surface area contributed by atoms with Crippen LogP contribution in [0.15, 0.2) is 22.8 Å². The maximum absolute atomic E-state index is 10.4. The van der Waals surface area contributed by atoms with E-state index in [2.05, 4.69) is 5.10 Å². The van der Waals surface area contributed by atoms with Crippen molar-refractivity contribution in [2.75, 3.05) is 0 Å². The molecule has 6 heteroatoms. The van der Waals surface area contributed by atoms with Crippen LogP contribution in [0.5, 0.6) is 0 Å². The second-order valence-corrected chi connectivity index (χ2v) is 2.96. The van der Waals surface area contributed by atoms with E-state index in [1.807, 2.05) is 0 Å². The lowest BCUT2D eigenvalue weighted by atomic mass is 10.5. The first-order chi connectivity index (χ1) is 6.13. The zero-order chi connectivity index (χ0) is 9.84. The topological polar surface area (TPSA) is 55.1 Å². The van der Waals surface area contributed by atoms with Gasteiger partial charge in [-0.25, -0.2) is 4.79 Å². The third kappa shape index (κ3) is 2.75. The van der Waals surface area contributed by atoms with E-state index < -0.39 is 5.97 Å². The van der Waals surface area contributed by atoms with Crippen LogP contribution in [0.25, 0.3) is 0 Å². The van der Waals surface area contributed by atoms with Crippen molar-refractivity contribution in [1.82, 2.24) is 9.78 Å². The monoisotopic (exact) mass is 220 g/mol. The van der Waals surface area contributed by atoms with Crippen molar-refractivity contribution in [2.24, 2.45) is 0 Å². The molecule has 0 aliphatic carbocycles. The van der Waals surface area contributed by atoms with E-state index in [1.54, 1.807) is 0 Å². The van der Waals surface area contributed by atoms with Gasteiger partial charge >= 0.3 is 5.97 Å². The van der Waals surface area contributed by atoms with Gasteiger partial charge in [0.1, 0.15) is 0 Å². The Labute approximate surface area is 84.4 Å². The Morgan fingerprint density at radius 1 is 1.77 bits per heavy atom. The molecule has 0 amide bonds. The molecule has 13 heavy (non-hydrogen) atoms. The Kier molecular flexibility index (Phi) is 3.33. The Balaban J connectivity index is 2.75. The van der Waals surface area contributed by atoms with Crippen molar-refractivity contribution in [3.63, 3.8) is 0 Å². The number of aromatic carboxylic acids is 1. The van der Waals surface area contributed by atoms with Crippen molar-refractivity contribution in [1.29, 1.82) is 0 Å². The van der Waals surface area contributed by atoms with Crippen LogP contribution in [0.2, 0.25) is 0 Å². The van der Waals surface area contributed by atoms with Crippen LogP contribution in [0.4, 0.5) is 0 Å². The highest BCUT2D eigenvalue weighted by molar-refractivity contribution is 6.36. The second-order valence-electron chi connectivity index (χ2n) is 2.26. The molecule has 0 bridgehead atoms. The molecule has 0 saturated carbocycles. The quantitative estimate of drug-likeness (QED) is 0.847. The van der Waals surface area contributed by atoms with Crippen LogP contribution in [-0.4, -0.2) is 20.9 Å². The van der Waals surface area contributed by atoms with Gasteiger partial charge in [-0.1, -0.05) is 23.2 Å². The summed E-state index contributed by atoms with van der Waals surface area (Å²) in [5, 5.41) is 12.7. The van der Waals surface area contributed by atoms with Gasteiger partial charge in [0.15, 0.2) is 5.69 Å². The van der Waals surface area contributed by atoms with Gasteiger partial charge in [0.25, 0.3) is 0 Å². The zero-order valence-corrected chi connectivity index (χ0v) is 7.96. The van der Waals surface area contributed by atoms with E-state index >= 15 is 0 Å². The minimum atomic E-state index is -1.07. The van der Waals surface area contributed by atoms with Crippen molar-refractivity contribution in [3.8, 4) is 0 Å². The molecular formula is C7H6Cl2N2O2. The van der Waals surface area contributed by atoms with E-state index in [1.165, 1.54) is 22.5 Å². The highest BCUT2D eigenvalue weighted by Crippen LogP contribution is 2.06. The highest BCUT2D eigenvalue weighted by atomic mass is 35.5. The molecule has 0 aliphatic heterocycles. The Morgan fingerprint density at radius 3 is 2.92 bits per heavy atom. The van der Waals surface area contributed by atoms with Crippen LogP contribution < -0.4 is 0 Å². The van der Waals surface area contributed by atoms with Gasteiger partial charge in [-0.15, -0.1) is 0 Å². The van der Waals surface area contributed by atoms with Crippen molar-refractivity contribution < 1.29 is 9.90 Å². The van der Waals surface area contributed by atoms with Gasteiger partial charge in [-0.05, 0) is 6.07 Å².